The summed E-state index contributed by atoms with van der Waals surface area (Å²) < 4.78 is 0. The fourth-order valence-corrected chi connectivity index (χ4v) is 0.822. The lowest BCUT2D eigenvalue weighted by Gasteiger charge is -2.18. The third-order valence-corrected chi connectivity index (χ3v) is 1.54. The number of rotatable bonds is 3. The molecular weight excluding hydrogens is 158 g/mol. The van der Waals surface area contributed by atoms with Gasteiger partial charge in [0.05, 0.1) is 5.60 Å². The van der Waals surface area contributed by atoms with E-state index in [2.05, 4.69) is 15.2 Å². The lowest BCUT2D eigenvalue weighted by Crippen LogP contribution is -2.36. The number of aliphatic hydroxyl groups is 1. The molecule has 0 saturated carbocycles. The van der Waals surface area contributed by atoms with Crippen LogP contribution in [0.15, 0.2) is 0 Å². The standard InChI is InChI=1S/C6H13N5O/c1-6(12,3-7)2-4-9-5(8)11-10-4/h12H,2-3,7H2,1H3,(H3,8,9,10,11). The largest absolute Gasteiger partial charge is 0.388 e. The highest BCUT2D eigenvalue weighted by Crippen LogP contribution is 2.07. The lowest BCUT2D eigenvalue weighted by molar-refractivity contribution is 0.0676. The number of nitrogens with two attached hydrogens (primary N) is 2. The molecule has 0 aliphatic rings. The van der Waals surface area contributed by atoms with Crippen LogP contribution in [0.4, 0.5) is 5.95 Å². The molecule has 1 aromatic heterocycles. The summed E-state index contributed by atoms with van der Waals surface area (Å²) in [6.45, 7) is 1.80. The molecule has 6 N–H and O–H groups in total. The highest BCUT2D eigenvalue weighted by molar-refractivity contribution is 5.13. The topological polar surface area (TPSA) is 114 Å². The molecule has 0 aliphatic carbocycles. The Morgan fingerprint density at radius 3 is 2.75 bits per heavy atom. The van der Waals surface area contributed by atoms with Crippen molar-refractivity contribution in [2.24, 2.45) is 5.73 Å². The Hall–Kier alpha value is -1.14. The molecule has 1 unspecified atom stereocenters. The van der Waals surface area contributed by atoms with Gasteiger partial charge >= 0.3 is 0 Å². The molecule has 1 atom stereocenters. The summed E-state index contributed by atoms with van der Waals surface area (Å²) in [6, 6.07) is 0. The first-order valence-electron chi connectivity index (χ1n) is 3.63. The number of hydrogen-bond donors (Lipinski definition) is 4. The van der Waals surface area contributed by atoms with Crippen molar-refractivity contribution < 1.29 is 5.11 Å². The van der Waals surface area contributed by atoms with Gasteiger partial charge in [0.2, 0.25) is 5.95 Å². The number of aromatic nitrogens is 3. The average molecular weight is 171 g/mol. The quantitative estimate of drug-likeness (QED) is 0.448. The number of aromatic amines is 1. The first-order valence-corrected chi connectivity index (χ1v) is 3.63. The smallest absolute Gasteiger partial charge is 0.239 e. The molecular formula is C6H13N5O. The van der Waals surface area contributed by atoms with Gasteiger partial charge in [-0.05, 0) is 6.92 Å². The van der Waals surface area contributed by atoms with E-state index in [0.29, 0.717) is 12.2 Å². The van der Waals surface area contributed by atoms with Gasteiger partial charge in [0.15, 0.2) is 0 Å². The van der Waals surface area contributed by atoms with E-state index in [1.165, 1.54) is 0 Å². The van der Waals surface area contributed by atoms with Crippen LogP contribution in [-0.2, 0) is 6.42 Å². The Morgan fingerprint density at radius 1 is 1.67 bits per heavy atom. The van der Waals surface area contributed by atoms with Crippen molar-refractivity contribution in [2.45, 2.75) is 18.9 Å². The van der Waals surface area contributed by atoms with E-state index in [4.69, 9.17) is 11.5 Å². The maximum Gasteiger partial charge on any atom is 0.239 e. The Kier molecular flexibility index (Phi) is 2.30. The van der Waals surface area contributed by atoms with Crippen LogP contribution in [0.5, 0.6) is 0 Å². The summed E-state index contributed by atoms with van der Waals surface area (Å²) in [5, 5.41) is 15.8. The normalized spacial score (nSPS) is 15.9. The van der Waals surface area contributed by atoms with Crippen molar-refractivity contribution in [3.63, 3.8) is 0 Å². The second kappa shape index (κ2) is 3.08. The van der Waals surface area contributed by atoms with E-state index in [1.807, 2.05) is 0 Å². The van der Waals surface area contributed by atoms with Crippen LogP contribution in [-0.4, -0.2) is 32.4 Å². The molecule has 0 fully saturated rings. The van der Waals surface area contributed by atoms with Gasteiger partial charge in [-0.15, -0.1) is 5.10 Å². The zero-order valence-electron chi connectivity index (χ0n) is 6.91. The van der Waals surface area contributed by atoms with Crippen molar-refractivity contribution in [3.05, 3.63) is 5.82 Å². The molecule has 6 heteroatoms. The van der Waals surface area contributed by atoms with Gasteiger partial charge in [-0.3, -0.25) is 5.10 Å². The van der Waals surface area contributed by atoms with Crippen LogP contribution in [0, 0.1) is 0 Å². The zero-order valence-corrected chi connectivity index (χ0v) is 6.91. The minimum Gasteiger partial charge on any atom is -0.388 e. The van der Waals surface area contributed by atoms with E-state index < -0.39 is 5.60 Å². The van der Waals surface area contributed by atoms with Crippen LogP contribution >= 0.6 is 0 Å². The van der Waals surface area contributed by atoms with E-state index in [-0.39, 0.29) is 12.5 Å². The maximum absolute atomic E-state index is 9.53. The Morgan fingerprint density at radius 2 is 2.33 bits per heavy atom. The average Bonchev–Trinajstić information content (AvgIpc) is 2.35. The number of H-pyrrole nitrogens is 1. The highest BCUT2D eigenvalue weighted by atomic mass is 16.3. The van der Waals surface area contributed by atoms with Crippen LogP contribution in [0.1, 0.15) is 12.7 Å². The van der Waals surface area contributed by atoms with E-state index in [9.17, 15) is 5.11 Å². The lowest BCUT2D eigenvalue weighted by atomic mass is 10.0. The summed E-state index contributed by atoms with van der Waals surface area (Å²) in [5.41, 5.74) is 9.64. The predicted octanol–water partition coefficient (Wildman–Crippen LogP) is -1.36. The summed E-state index contributed by atoms with van der Waals surface area (Å²) in [6.07, 6.45) is 0.327. The predicted molar refractivity (Wildman–Crippen MR) is 44.2 cm³/mol. The van der Waals surface area contributed by atoms with Crippen molar-refractivity contribution in [3.8, 4) is 0 Å². The van der Waals surface area contributed by atoms with Gasteiger partial charge in [0, 0.05) is 13.0 Å². The fraction of sp³-hybridized carbons (Fsp3) is 0.667. The van der Waals surface area contributed by atoms with Crippen LogP contribution in [0.25, 0.3) is 0 Å². The molecule has 0 bridgehead atoms. The molecule has 1 heterocycles. The molecule has 0 aliphatic heterocycles. The molecule has 0 saturated heterocycles. The number of nitrogens with one attached hydrogen (secondary N) is 1. The molecule has 0 aromatic carbocycles. The van der Waals surface area contributed by atoms with Gasteiger partial charge in [0.1, 0.15) is 5.82 Å². The summed E-state index contributed by atoms with van der Waals surface area (Å²) in [7, 11) is 0. The maximum atomic E-state index is 9.53. The second-order valence-electron chi connectivity index (χ2n) is 3.02. The molecule has 0 radical (unpaired) electrons. The fourth-order valence-electron chi connectivity index (χ4n) is 0.822. The van der Waals surface area contributed by atoms with Gasteiger partial charge in [-0.2, -0.15) is 4.98 Å². The van der Waals surface area contributed by atoms with Crippen molar-refractivity contribution in [1.29, 1.82) is 0 Å². The number of anilines is 1. The van der Waals surface area contributed by atoms with Crippen molar-refractivity contribution in [2.75, 3.05) is 12.3 Å². The number of nitrogens with zero attached hydrogens (tertiary/aromatic N) is 2. The van der Waals surface area contributed by atoms with Crippen LogP contribution in [0.2, 0.25) is 0 Å². The Labute approximate surface area is 70.0 Å². The third kappa shape index (κ3) is 2.18. The molecule has 12 heavy (non-hydrogen) atoms. The first-order chi connectivity index (χ1) is 5.53. The van der Waals surface area contributed by atoms with E-state index in [0.717, 1.165) is 0 Å². The van der Waals surface area contributed by atoms with Crippen LogP contribution < -0.4 is 11.5 Å². The molecule has 6 nitrogen and oxygen atoms in total. The summed E-state index contributed by atoms with van der Waals surface area (Å²) >= 11 is 0. The molecule has 0 spiro atoms. The summed E-state index contributed by atoms with van der Waals surface area (Å²) in [4.78, 5) is 3.84. The summed E-state index contributed by atoms with van der Waals surface area (Å²) in [5.74, 6) is 0.723. The molecule has 0 amide bonds. The number of hydrogen-bond acceptors (Lipinski definition) is 5. The van der Waals surface area contributed by atoms with Gasteiger partial charge < -0.3 is 16.6 Å². The Balaban J connectivity index is 2.63. The van der Waals surface area contributed by atoms with Gasteiger partial charge in [-0.1, -0.05) is 0 Å². The van der Waals surface area contributed by atoms with Crippen molar-refractivity contribution in [1.82, 2.24) is 15.2 Å². The zero-order chi connectivity index (χ0) is 9.19. The Bertz CT molecular complexity index is 256. The molecule has 68 valence electrons. The van der Waals surface area contributed by atoms with Crippen molar-refractivity contribution >= 4 is 5.95 Å². The third-order valence-electron chi connectivity index (χ3n) is 1.54. The molecule has 1 rings (SSSR count). The van der Waals surface area contributed by atoms with E-state index in [1.54, 1.807) is 6.92 Å². The second-order valence-corrected chi connectivity index (χ2v) is 3.02. The number of nitrogen functional groups attached to an aromatic ring is 1. The molecule has 1 aromatic rings. The first kappa shape index (κ1) is 8.95. The van der Waals surface area contributed by atoms with E-state index >= 15 is 0 Å². The van der Waals surface area contributed by atoms with Crippen LogP contribution in [0.3, 0.4) is 0 Å². The monoisotopic (exact) mass is 171 g/mol. The minimum atomic E-state index is -0.952. The van der Waals surface area contributed by atoms with Gasteiger partial charge in [-0.25, -0.2) is 0 Å². The van der Waals surface area contributed by atoms with Gasteiger partial charge in [0.25, 0.3) is 0 Å². The SMILES string of the molecule is CC(O)(CN)Cc1nc(N)n[nH]1. The highest BCUT2D eigenvalue weighted by Gasteiger charge is 2.20. The minimum absolute atomic E-state index is 0.174.